The fourth-order valence-electron chi connectivity index (χ4n) is 1.80. The minimum atomic E-state index is 0.284. The molecule has 0 radical (unpaired) electrons. The van der Waals surface area contributed by atoms with Crippen LogP contribution in [0.2, 0.25) is 0 Å². The van der Waals surface area contributed by atoms with Gasteiger partial charge in [-0.2, -0.15) is 0 Å². The van der Waals surface area contributed by atoms with E-state index in [4.69, 9.17) is 19.6 Å². The first-order chi connectivity index (χ1) is 8.38. The summed E-state index contributed by atoms with van der Waals surface area (Å²) in [5.74, 6) is 2.60. The van der Waals surface area contributed by atoms with E-state index in [1.807, 2.05) is 18.2 Å². The Bertz CT molecular complexity index is 536. The third-order valence-electron chi connectivity index (χ3n) is 2.56. The molecule has 1 aliphatic heterocycles. The number of rotatable bonds is 2. The molecule has 5 heteroatoms. The number of benzene rings is 1. The summed E-state index contributed by atoms with van der Waals surface area (Å²) in [6.07, 6.45) is 1.65. The highest BCUT2D eigenvalue weighted by Crippen LogP contribution is 2.39. The zero-order chi connectivity index (χ0) is 11.7. The molecular weight excluding hydrogens is 220 g/mol. The van der Waals surface area contributed by atoms with Crippen molar-refractivity contribution in [1.82, 2.24) is 4.98 Å². The van der Waals surface area contributed by atoms with E-state index in [1.54, 1.807) is 6.20 Å². The van der Waals surface area contributed by atoms with Crippen LogP contribution in [-0.2, 0) is 6.54 Å². The van der Waals surface area contributed by atoms with Gasteiger partial charge in [-0.05, 0) is 12.1 Å². The van der Waals surface area contributed by atoms with Crippen LogP contribution < -0.4 is 15.2 Å². The molecule has 2 heterocycles. The average Bonchev–Trinajstić information content (AvgIpc) is 2.87. The van der Waals surface area contributed by atoms with Crippen molar-refractivity contribution < 1.29 is 13.9 Å². The Balaban J connectivity index is 2.07. The van der Waals surface area contributed by atoms with E-state index in [2.05, 4.69) is 4.98 Å². The molecule has 17 heavy (non-hydrogen) atoms. The second-order valence-corrected chi connectivity index (χ2v) is 3.65. The Morgan fingerprint density at radius 1 is 1.24 bits per heavy atom. The largest absolute Gasteiger partial charge is 0.486 e. The van der Waals surface area contributed by atoms with Gasteiger partial charge < -0.3 is 19.6 Å². The van der Waals surface area contributed by atoms with E-state index < -0.39 is 0 Å². The lowest BCUT2D eigenvalue weighted by molar-refractivity contribution is 0.172. The summed E-state index contributed by atoms with van der Waals surface area (Å²) < 4.78 is 16.6. The first kappa shape index (κ1) is 10.2. The maximum absolute atomic E-state index is 5.61. The smallest absolute Gasteiger partial charge is 0.208 e. The number of nitrogens with two attached hydrogens (primary N) is 1. The second-order valence-electron chi connectivity index (χ2n) is 3.65. The first-order valence-corrected chi connectivity index (χ1v) is 5.42. The van der Waals surface area contributed by atoms with Gasteiger partial charge in [-0.15, -0.1) is 0 Å². The maximum atomic E-state index is 5.61. The normalized spacial score (nSPS) is 13.7. The zero-order valence-electron chi connectivity index (χ0n) is 9.18. The van der Waals surface area contributed by atoms with Crippen molar-refractivity contribution in [2.75, 3.05) is 13.2 Å². The van der Waals surface area contributed by atoms with E-state index in [-0.39, 0.29) is 6.54 Å². The summed E-state index contributed by atoms with van der Waals surface area (Å²) in [4.78, 5) is 4.07. The fraction of sp³-hybridized carbons (Fsp3) is 0.250. The van der Waals surface area contributed by atoms with Gasteiger partial charge in [0, 0.05) is 0 Å². The molecule has 0 bridgehead atoms. The maximum Gasteiger partial charge on any atom is 0.208 e. The predicted molar refractivity (Wildman–Crippen MR) is 60.8 cm³/mol. The molecular formula is C12H12N2O3. The number of para-hydroxylation sites is 1. The van der Waals surface area contributed by atoms with Crippen molar-refractivity contribution in [2.45, 2.75) is 6.54 Å². The minimum absolute atomic E-state index is 0.284. The summed E-state index contributed by atoms with van der Waals surface area (Å²) in [6, 6.07) is 5.68. The van der Waals surface area contributed by atoms with Gasteiger partial charge in [-0.3, -0.25) is 0 Å². The van der Waals surface area contributed by atoms with Gasteiger partial charge in [-0.25, -0.2) is 4.98 Å². The SMILES string of the molecule is NCc1ncc(-c2cccc3c2OCCO3)o1. The number of fused-ring (bicyclic) bond motifs is 1. The Morgan fingerprint density at radius 3 is 2.94 bits per heavy atom. The van der Waals surface area contributed by atoms with Crippen molar-refractivity contribution in [3.05, 3.63) is 30.3 Å². The lowest BCUT2D eigenvalue weighted by Crippen LogP contribution is -2.15. The minimum Gasteiger partial charge on any atom is -0.486 e. The van der Waals surface area contributed by atoms with Crippen LogP contribution in [0.4, 0.5) is 0 Å². The van der Waals surface area contributed by atoms with E-state index in [1.165, 1.54) is 0 Å². The molecule has 0 unspecified atom stereocenters. The van der Waals surface area contributed by atoms with Gasteiger partial charge in [0.1, 0.15) is 13.2 Å². The van der Waals surface area contributed by atoms with E-state index in [9.17, 15) is 0 Å². The molecule has 1 aromatic carbocycles. The van der Waals surface area contributed by atoms with Gasteiger partial charge in [0.15, 0.2) is 17.3 Å². The van der Waals surface area contributed by atoms with Crippen molar-refractivity contribution in [3.8, 4) is 22.8 Å². The van der Waals surface area contributed by atoms with E-state index in [0.29, 0.717) is 30.6 Å². The van der Waals surface area contributed by atoms with Gasteiger partial charge in [-0.1, -0.05) is 6.07 Å². The molecule has 1 aliphatic rings. The van der Waals surface area contributed by atoms with Crippen molar-refractivity contribution in [1.29, 1.82) is 0 Å². The summed E-state index contributed by atoms with van der Waals surface area (Å²) in [6.45, 7) is 1.40. The van der Waals surface area contributed by atoms with Crippen LogP contribution in [0.3, 0.4) is 0 Å². The van der Waals surface area contributed by atoms with Crippen molar-refractivity contribution in [2.24, 2.45) is 5.73 Å². The topological polar surface area (TPSA) is 70.5 Å². The molecule has 5 nitrogen and oxygen atoms in total. The third-order valence-corrected chi connectivity index (χ3v) is 2.56. The van der Waals surface area contributed by atoms with Crippen LogP contribution in [0.25, 0.3) is 11.3 Å². The van der Waals surface area contributed by atoms with E-state index in [0.717, 1.165) is 11.3 Å². The monoisotopic (exact) mass is 232 g/mol. The molecule has 0 spiro atoms. The van der Waals surface area contributed by atoms with Crippen LogP contribution in [0.15, 0.2) is 28.8 Å². The predicted octanol–water partition coefficient (Wildman–Crippen LogP) is 1.57. The number of nitrogens with zero attached hydrogens (tertiary/aromatic N) is 1. The third kappa shape index (κ3) is 1.74. The lowest BCUT2D eigenvalue weighted by Gasteiger charge is -2.19. The molecule has 2 N–H and O–H groups in total. The Morgan fingerprint density at radius 2 is 2.12 bits per heavy atom. The van der Waals surface area contributed by atoms with Crippen LogP contribution in [0.1, 0.15) is 5.89 Å². The summed E-state index contributed by atoms with van der Waals surface area (Å²) in [5.41, 5.74) is 6.31. The highest BCUT2D eigenvalue weighted by molar-refractivity contribution is 5.69. The molecule has 88 valence electrons. The Kier molecular flexibility index (Phi) is 2.45. The number of hydrogen-bond acceptors (Lipinski definition) is 5. The lowest BCUT2D eigenvalue weighted by atomic mass is 10.1. The van der Waals surface area contributed by atoms with Gasteiger partial charge >= 0.3 is 0 Å². The van der Waals surface area contributed by atoms with E-state index >= 15 is 0 Å². The zero-order valence-corrected chi connectivity index (χ0v) is 9.18. The first-order valence-electron chi connectivity index (χ1n) is 5.42. The van der Waals surface area contributed by atoms with Gasteiger partial charge in [0.25, 0.3) is 0 Å². The quantitative estimate of drug-likeness (QED) is 0.851. The van der Waals surface area contributed by atoms with Crippen molar-refractivity contribution in [3.63, 3.8) is 0 Å². The van der Waals surface area contributed by atoms with Crippen LogP contribution in [0.5, 0.6) is 11.5 Å². The molecule has 1 aromatic heterocycles. The number of oxazole rings is 1. The van der Waals surface area contributed by atoms with Gasteiger partial charge in [0.2, 0.25) is 5.89 Å². The number of aromatic nitrogens is 1. The molecule has 0 atom stereocenters. The number of ether oxygens (including phenoxy) is 2. The number of hydrogen-bond donors (Lipinski definition) is 1. The molecule has 0 aliphatic carbocycles. The van der Waals surface area contributed by atoms with Crippen LogP contribution in [-0.4, -0.2) is 18.2 Å². The van der Waals surface area contributed by atoms with Gasteiger partial charge in [0.05, 0.1) is 18.3 Å². The summed E-state index contributed by atoms with van der Waals surface area (Å²) in [7, 11) is 0. The standard InChI is InChI=1S/C12H12N2O3/c13-6-11-14-7-10(17-11)8-2-1-3-9-12(8)16-5-4-15-9/h1-3,7H,4-6,13H2. The molecule has 2 aromatic rings. The fourth-order valence-corrected chi connectivity index (χ4v) is 1.80. The molecule has 0 amide bonds. The highest BCUT2D eigenvalue weighted by Gasteiger charge is 2.18. The van der Waals surface area contributed by atoms with Crippen molar-refractivity contribution >= 4 is 0 Å². The highest BCUT2D eigenvalue weighted by atomic mass is 16.6. The Labute approximate surface area is 98.2 Å². The molecule has 0 saturated heterocycles. The van der Waals surface area contributed by atoms with Crippen LogP contribution in [0, 0.1) is 0 Å². The summed E-state index contributed by atoms with van der Waals surface area (Å²) in [5, 5.41) is 0. The second kappa shape index (κ2) is 4.10. The molecule has 3 rings (SSSR count). The average molecular weight is 232 g/mol. The molecule has 0 saturated carbocycles. The van der Waals surface area contributed by atoms with Crippen LogP contribution >= 0.6 is 0 Å². The Hall–Kier alpha value is -2.01. The molecule has 0 fully saturated rings. The summed E-state index contributed by atoms with van der Waals surface area (Å²) >= 11 is 0.